The van der Waals surface area contributed by atoms with Gasteiger partial charge in [-0.3, -0.25) is 4.79 Å². The number of alkyl carbamates (subject to hydrolysis) is 1. The Labute approximate surface area is 172 Å². The van der Waals surface area contributed by atoms with Gasteiger partial charge in [0.2, 0.25) is 0 Å². The minimum Gasteiger partial charge on any atom is -0.460 e. The Morgan fingerprint density at radius 2 is 1.86 bits per heavy atom. The summed E-state index contributed by atoms with van der Waals surface area (Å²) in [6.45, 7) is 5.49. The Hall–Kier alpha value is -2.11. The third kappa shape index (κ3) is 6.18. The van der Waals surface area contributed by atoms with Crippen LogP contribution in [0.25, 0.3) is 0 Å². The summed E-state index contributed by atoms with van der Waals surface area (Å²) in [4.78, 5) is 25.0. The van der Waals surface area contributed by atoms with Crippen molar-refractivity contribution < 1.29 is 23.5 Å². The first-order valence-electron chi connectivity index (χ1n) is 10.7. The molecule has 1 aliphatic carbocycles. The number of carbonyl (C=O) groups is 2. The van der Waals surface area contributed by atoms with Crippen molar-refractivity contribution in [3.05, 3.63) is 35.6 Å². The molecule has 1 aromatic rings. The maximum atomic E-state index is 13.1. The lowest BCUT2D eigenvalue weighted by Gasteiger charge is -2.34. The maximum absolute atomic E-state index is 13.1. The number of carbonyl (C=O) groups excluding carboxylic acids is 2. The zero-order chi connectivity index (χ0) is 21.0. The Bertz CT molecular complexity index is 707. The molecule has 160 valence electrons. The fraction of sp³-hybridized carbons (Fsp3) is 0.652. The standard InChI is InChI=1S/C23H32FNO4/c1-23(2,3)29-22(27)25-20(16-7-5-4-6-8-16)19-14-17(21(26)28-19)13-15-9-11-18(24)12-10-15/h9-12,16-17,19-20H,4-8,13-14H2,1-3H3,(H,25,27)/t17-,19+,20+/m1/s1. The second kappa shape index (κ2) is 9.14. The van der Waals surface area contributed by atoms with Gasteiger partial charge in [-0.25, -0.2) is 9.18 Å². The third-order valence-electron chi connectivity index (χ3n) is 5.75. The topological polar surface area (TPSA) is 64.6 Å². The molecule has 29 heavy (non-hydrogen) atoms. The molecular weight excluding hydrogens is 373 g/mol. The Kier molecular flexibility index (Phi) is 6.81. The van der Waals surface area contributed by atoms with E-state index in [1.165, 1.54) is 18.6 Å². The van der Waals surface area contributed by atoms with E-state index >= 15 is 0 Å². The number of benzene rings is 1. The summed E-state index contributed by atoms with van der Waals surface area (Å²) in [5.41, 5.74) is 0.321. The normalized spacial score (nSPS) is 24.1. The molecule has 0 spiro atoms. The molecule has 2 fully saturated rings. The van der Waals surface area contributed by atoms with Crippen LogP contribution in [0.1, 0.15) is 64.9 Å². The molecule has 5 nitrogen and oxygen atoms in total. The number of hydrogen-bond acceptors (Lipinski definition) is 4. The number of halogens is 1. The largest absolute Gasteiger partial charge is 0.460 e. The van der Waals surface area contributed by atoms with E-state index in [4.69, 9.17) is 9.47 Å². The maximum Gasteiger partial charge on any atom is 0.408 e. The fourth-order valence-electron chi connectivity index (χ4n) is 4.41. The van der Waals surface area contributed by atoms with Crippen LogP contribution in [0.2, 0.25) is 0 Å². The van der Waals surface area contributed by atoms with Crippen LogP contribution in [0.4, 0.5) is 9.18 Å². The van der Waals surface area contributed by atoms with E-state index in [0.29, 0.717) is 12.8 Å². The zero-order valence-electron chi connectivity index (χ0n) is 17.6. The van der Waals surface area contributed by atoms with Crippen molar-refractivity contribution in [3.8, 4) is 0 Å². The van der Waals surface area contributed by atoms with Crippen molar-refractivity contribution >= 4 is 12.1 Å². The summed E-state index contributed by atoms with van der Waals surface area (Å²) in [6.07, 6.45) is 5.71. The highest BCUT2D eigenvalue weighted by molar-refractivity contribution is 5.75. The van der Waals surface area contributed by atoms with Gasteiger partial charge in [0.15, 0.2) is 0 Å². The van der Waals surface area contributed by atoms with Gasteiger partial charge in [-0.1, -0.05) is 31.4 Å². The van der Waals surface area contributed by atoms with Crippen molar-refractivity contribution in [2.45, 2.75) is 83.5 Å². The molecule has 3 rings (SSSR count). The molecule has 0 aromatic heterocycles. The van der Waals surface area contributed by atoms with Crippen LogP contribution in [0.15, 0.2) is 24.3 Å². The van der Waals surface area contributed by atoms with Crippen molar-refractivity contribution in [1.29, 1.82) is 0 Å². The third-order valence-corrected chi connectivity index (χ3v) is 5.75. The lowest BCUT2D eigenvalue weighted by Crippen LogP contribution is -2.50. The number of cyclic esters (lactones) is 1. The molecule has 1 aliphatic heterocycles. The molecule has 0 radical (unpaired) electrons. The van der Waals surface area contributed by atoms with Gasteiger partial charge in [0.25, 0.3) is 0 Å². The molecule has 1 aromatic carbocycles. The van der Waals surface area contributed by atoms with Gasteiger partial charge in [0, 0.05) is 6.42 Å². The van der Waals surface area contributed by atoms with Crippen molar-refractivity contribution in [1.82, 2.24) is 5.32 Å². The average molecular weight is 406 g/mol. The van der Waals surface area contributed by atoms with Crippen LogP contribution in [0.5, 0.6) is 0 Å². The summed E-state index contributed by atoms with van der Waals surface area (Å²) in [5, 5.41) is 3.01. The highest BCUT2D eigenvalue weighted by Gasteiger charge is 2.43. The molecule has 1 N–H and O–H groups in total. The molecule has 1 amide bonds. The zero-order valence-corrected chi connectivity index (χ0v) is 17.6. The summed E-state index contributed by atoms with van der Waals surface area (Å²) in [7, 11) is 0. The van der Waals surface area contributed by atoms with Gasteiger partial charge >= 0.3 is 12.1 Å². The van der Waals surface area contributed by atoms with Gasteiger partial charge in [-0.2, -0.15) is 0 Å². The molecule has 1 saturated heterocycles. The van der Waals surface area contributed by atoms with Gasteiger partial charge < -0.3 is 14.8 Å². The molecule has 1 saturated carbocycles. The molecule has 2 aliphatic rings. The van der Waals surface area contributed by atoms with Gasteiger partial charge in [-0.15, -0.1) is 0 Å². The van der Waals surface area contributed by atoms with Crippen LogP contribution in [0.3, 0.4) is 0 Å². The minimum absolute atomic E-state index is 0.243. The summed E-state index contributed by atoms with van der Waals surface area (Å²) >= 11 is 0. The van der Waals surface area contributed by atoms with E-state index in [1.54, 1.807) is 12.1 Å². The SMILES string of the molecule is CC(C)(C)OC(=O)N[C@@H](C1CCCCC1)[C@@H]1C[C@@H](Cc2ccc(F)cc2)C(=O)O1. The van der Waals surface area contributed by atoms with E-state index in [9.17, 15) is 14.0 Å². The average Bonchev–Trinajstić information content (AvgIpc) is 3.01. The van der Waals surface area contributed by atoms with Crippen molar-refractivity contribution in [2.24, 2.45) is 11.8 Å². The van der Waals surface area contributed by atoms with Crippen LogP contribution in [0, 0.1) is 17.7 Å². The number of ether oxygens (including phenoxy) is 2. The van der Waals surface area contributed by atoms with Gasteiger partial charge in [0.1, 0.15) is 17.5 Å². The van der Waals surface area contributed by atoms with E-state index < -0.39 is 11.7 Å². The van der Waals surface area contributed by atoms with Crippen LogP contribution in [-0.2, 0) is 20.7 Å². The lowest BCUT2D eigenvalue weighted by molar-refractivity contribution is -0.145. The number of amides is 1. The van der Waals surface area contributed by atoms with Gasteiger partial charge in [-0.05, 0) is 63.6 Å². The number of rotatable bonds is 5. The first-order chi connectivity index (χ1) is 13.7. The molecule has 0 bridgehead atoms. The molecular formula is C23H32FNO4. The molecule has 1 heterocycles. The first-order valence-corrected chi connectivity index (χ1v) is 10.7. The smallest absolute Gasteiger partial charge is 0.408 e. The Balaban J connectivity index is 1.68. The molecule has 0 unspecified atom stereocenters. The van der Waals surface area contributed by atoms with E-state index in [1.807, 2.05) is 20.8 Å². The van der Waals surface area contributed by atoms with E-state index in [-0.39, 0.29) is 35.8 Å². The van der Waals surface area contributed by atoms with Gasteiger partial charge in [0.05, 0.1) is 12.0 Å². The second-order valence-corrected chi connectivity index (χ2v) is 9.31. The Morgan fingerprint density at radius 3 is 2.48 bits per heavy atom. The van der Waals surface area contributed by atoms with Crippen molar-refractivity contribution in [2.75, 3.05) is 0 Å². The predicted molar refractivity (Wildman–Crippen MR) is 108 cm³/mol. The summed E-state index contributed by atoms with van der Waals surface area (Å²) in [6, 6.07) is 5.97. The minimum atomic E-state index is -0.585. The number of hydrogen-bond donors (Lipinski definition) is 1. The van der Waals surface area contributed by atoms with Crippen LogP contribution >= 0.6 is 0 Å². The second-order valence-electron chi connectivity index (χ2n) is 9.31. The van der Waals surface area contributed by atoms with Crippen LogP contribution in [-0.4, -0.2) is 29.8 Å². The first kappa shape index (κ1) is 21.6. The van der Waals surface area contributed by atoms with E-state index in [2.05, 4.69) is 5.32 Å². The number of esters is 1. The van der Waals surface area contributed by atoms with Crippen LogP contribution < -0.4 is 5.32 Å². The molecule has 6 heteroatoms. The summed E-state index contributed by atoms with van der Waals surface area (Å²) < 4.78 is 24.3. The molecule has 3 atom stereocenters. The van der Waals surface area contributed by atoms with Crippen molar-refractivity contribution in [3.63, 3.8) is 0 Å². The number of nitrogens with one attached hydrogen (secondary N) is 1. The summed E-state index contributed by atoms with van der Waals surface area (Å²) in [5.74, 6) is -0.540. The Morgan fingerprint density at radius 1 is 1.21 bits per heavy atom. The fourth-order valence-corrected chi connectivity index (χ4v) is 4.41. The van der Waals surface area contributed by atoms with E-state index in [0.717, 1.165) is 31.2 Å². The quantitative estimate of drug-likeness (QED) is 0.717. The highest BCUT2D eigenvalue weighted by Crippen LogP contribution is 2.34. The highest BCUT2D eigenvalue weighted by atomic mass is 19.1. The monoisotopic (exact) mass is 405 g/mol. The predicted octanol–water partition coefficient (Wildman–Crippen LogP) is 4.77. The lowest BCUT2D eigenvalue weighted by atomic mass is 9.80.